The van der Waals surface area contributed by atoms with E-state index in [1.807, 2.05) is 115 Å². The van der Waals surface area contributed by atoms with Gasteiger partial charge in [0.15, 0.2) is 5.58 Å². The molecule has 1 N–H and O–H groups in total. The highest BCUT2D eigenvalue weighted by Crippen LogP contribution is 2.47. The molecule has 0 saturated heterocycles. The molecule has 4 aromatic heterocycles. The lowest BCUT2D eigenvalue weighted by atomic mass is 9.90. The van der Waals surface area contributed by atoms with Crippen LogP contribution in [-0.4, -0.2) is 0 Å². The first-order valence-electron chi connectivity index (χ1n) is 36.5. The zero-order chi connectivity index (χ0) is 72.6. The van der Waals surface area contributed by atoms with Crippen molar-refractivity contribution in [2.45, 2.75) is 0 Å². The van der Waals surface area contributed by atoms with Gasteiger partial charge in [0.05, 0.1) is 39.5 Å². The lowest BCUT2D eigenvalue weighted by Gasteiger charge is -2.26. The average Bonchev–Trinajstić information content (AvgIpc) is 1.64. The highest BCUT2D eigenvalue weighted by Gasteiger charge is 2.23. The maximum absolute atomic E-state index is 6.42. The summed E-state index contributed by atoms with van der Waals surface area (Å²) in [6.45, 7) is 0. The molecule has 0 amide bonds. The molecule has 109 heavy (non-hydrogen) atoms. The van der Waals surface area contributed by atoms with E-state index in [1.165, 1.54) is 50.1 Å². The van der Waals surface area contributed by atoms with E-state index in [2.05, 4.69) is 295 Å². The highest BCUT2D eigenvalue weighted by molar-refractivity contribution is 6.30. The van der Waals surface area contributed by atoms with Gasteiger partial charge in [-0.2, -0.15) is 0 Å². The summed E-state index contributed by atoms with van der Waals surface area (Å²) in [5, 5.41) is 13.2. The van der Waals surface area contributed by atoms with Gasteiger partial charge in [0, 0.05) is 77.6 Å². The van der Waals surface area contributed by atoms with Gasteiger partial charge >= 0.3 is 0 Å². The van der Waals surface area contributed by atoms with Crippen LogP contribution in [0.1, 0.15) is 5.56 Å². The number of anilines is 5. The number of halogens is 1. The number of nitrogens with zero attached hydrogens (tertiary/aromatic N) is 1. The Morgan fingerprint density at radius 1 is 0.275 bits per heavy atom. The minimum Gasteiger partial charge on any atom is -0.456 e. The Labute approximate surface area is 634 Å². The molecule has 16 aromatic carbocycles. The van der Waals surface area contributed by atoms with Crippen LogP contribution >= 0.6 is 11.6 Å². The van der Waals surface area contributed by atoms with Gasteiger partial charge in [0.1, 0.15) is 51.2 Å². The van der Waals surface area contributed by atoms with Crippen LogP contribution in [0.2, 0.25) is 5.02 Å². The van der Waals surface area contributed by atoms with Gasteiger partial charge < -0.3 is 27.9 Å². The minimum absolute atomic E-state index is 0.752. The van der Waals surface area contributed by atoms with Crippen LogP contribution in [0, 0.1) is 6.08 Å². The molecule has 0 saturated carbocycles. The molecule has 7 heteroatoms. The summed E-state index contributed by atoms with van der Waals surface area (Å²) in [5.41, 5.74) is 28.6. The van der Waals surface area contributed by atoms with E-state index in [0.717, 1.165) is 149 Å². The summed E-state index contributed by atoms with van der Waals surface area (Å²) in [4.78, 5) is 2.34. The molecule has 6 nitrogen and oxygen atoms in total. The molecule has 0 radical (unpaired) electrons. The van der Waals surface area contributed by atoms with Crippen LogP contribution in [0.25, 0.3) is 160 Å². The Morgan fingerprint density at radius 3 is 1.28 bits per heavy atom. The van der Waals surface area contributed by atoms with Crippen molar-refractivity contribution in [3.05, 3.63) is 411 Å². The minimum atomic E-state index is 0.752. The maximum Gasteiger partial charge on any atom is 0.158 e. The molecule has 4 heterocycles. The second-order valence-electron chi connectivity index (χ2n) is 27.1. The van der Waals surface area contributed by atoms with Crippen LogP contribution in [0.15, 0.2) is 412 Å². The van der Waals surface area contributed by atoms with E-state index in [0.29, 0.717) is 0 Å². The summed E-state index contributed by atoms with van der Waals surface area (Å²) >= 11 is 6.03. The third-order valence-electron chi connectivity index (χ3n) is 20.5. The van der Waals surface area contributed by atoms with E-state index < -0.39 is 0 Å². The number of nitrogens with one attached hydrogen (secondary N) is 1. The van der Waals surface area contributed by atoms with Crippen LogP contribution in [0.3, 0.4) is 0 Å². The summed E-state index contributed by atoms with van der Waals surface area (Å²) < 4.78 is 25.0. The second kappa shape index (κ2) is 28.7. The average molecular weight is 1420 g/mol. The molecular weight excluding hydrogens is 1350 g/mol. The largest absolute Gasteiger partial charge is 0.456 e. The standard InChI is InChI=1S/C54H35NO2.C24H16Cl.C24H15NO2/c1-3-13-37(14-4-1)43-34-29-40(35-48(43)38-15-5-2-6-16-38)36-25-30-41(31-26-36)55(49-21-12-24-52-53(49)47-18-8-10-23-51(47)56-52)42-32-27-39(28-33-42)44-19-11-20-46-45-17-7-9-22-50(45)57-54(44)46;25-22-14-11-18(12-15-22)21-13-16-23(19-7-3-1-4-8-19)24(17-21)20-9-5-2-6-10-20;1-3-12-20-15(7-1)16-9-5-11-19(24(16)27-20)25-18-10-6-14-22-23(18)17-8-2-4-13-21(17)26-22/h1-35H;1-5,7-17H;1-14,25H/q;+1;. The Kier molecular flexibility index (Phi) is 17.2. The summed E-state index contributed by atoms with van der Waals surface area (Å²) in [6, 6.07) is 129. The van der Waals surface area contributed by atoms with Crippen molar-refractivity contribution in [1.29, 1.82) is 0 Å². The van der Waals surface area contributed by atoms with Crippen molar-refractivity contribution in [3.8, 4) is 66.8 Å². The Balaban J connectivity index is 0.000000128. The van der Waals surface area contributed by atoms with Gasteiger partial charge in [-0.3, -0.25) is 0 Å². The van der Waals surface area contributed by atoms with Crippen molar-refractivity contribution in [1.82, 2.24) is 0 Å². The Bertz CT molecular complexity index is 6860. The van der Waals surface area contributed by atoms with Crippen molar-refractivity contribution in [2.75, 3.05) is 10.2 Å². The fourth-order valence-corrected chi connectivity index (χ4v) is 15.4. The monoisotopic (exact) mass is 1420 g/mol. The third-order valence-corrected chi connectivity index (χ3v) is 20.7. The SMILES string of the molecule is Clc1ccc(-c2ccc(-c3ccccc3)c(C3=CC=C[C+]=C3)c2)cc1.c1ccc(-c2ccc(-c3ccc(N(c4ccc(-c5cccc6c5oc5ccccc56)cc4)c4cccc5oc6ccccc6c45)cc3)cc2-c2ccccc2)cc1.c1ccc2c(c1)oc1c(Nc3cccc4oc5ccccc5c34)cccc12. The summed E-state index contributed by atoms with van der Waals surface area (Å²) in [6.07, 6.45) is 11.3. The van der Waals surface area contributed by atoms with Gasteiger partial charge in [-0.05, 0) is 159 Å². The highest BCUT2D eigenvalue weighted by atomic mass is 35.5. The molecule has 20 aromatic rings. The Hall–Kier alpha value is -14.3. The number of hydrogen-bond acceptors (Lipinski definition) is 6. The molecule has 514 valence electrons. The zero-order valence-electron chi connectivity index (χ0n) is 59.0. The normalized spacial score (nSPS) is 11.8. The number of hydrogen-bond donors (Lipinski definition) is 1. The van der Waals surface area contributed by atoms with Gasteiger partial charge in [0.2, 0.25) is 0 Å². The molecule has 21 rings (SSSR count). The van der Waals surface area contributed by atoms with Gasteiger partial charge in [-0.25, -0.2) is 0 Å². The van der Waals surface area contributed by atoms with Crippen LogP contribution in [-0.2, 0) is 0 Å². The third kappa shape index (κ3) is 12.6. The second-order valence-corrected chi connectivity index (χ2v) is 27.5. The van der Waals surface area contributed by atoms with Crippen LogP contribution < -0.4 is 10.2 Å². The Morgan fingerprint density at radius 2 is 0.688 bits per heavy atom. The predicted octanol–water partition coefficient (Wildman–Crippen LogP) is 29.8. The fraction of sp³-hybridized carbons (Fsp3) is 0. The van der Waals surface area contributed by atoms with Gasteiger partial charge in [-0.1, -0.05) is 279 Å². The molecule has 0 fully saturated rings. The van der Waals surface area contributed by atoms with Crippen LogP contribution in [0.5, 0.6) is 0 Å². The number of rotatable bonds is 12. The zero-order valence-corrected chi connectivity index (χ0v) is 59.7. The molecule has 0 spiro atoms. The quantitative estimate of drug-likeness (QED) is 0.123. The molecular formula is C102H66ClN2O4+. The summed E-state index contributed by atoms with van der Waals surface area (Å²) in [5.74, 6) is 0. The van der Waals surface area contributed by atoms with E-state index in [1.54, 1.807) is 0 Å². The summed E-state index contributed by atoms with van der Waals surface area (Å²) in [7, 11) is 0. The molecule has 1 aliphatic carbocycles. The van der Waals surface area contributed by atoms with Gasteiger partial charge in [-0.15, -0.1) is 0 Å². The van der Waals surface area contributed by atoms with Crippen molar-refractivity contribution in [3.63, 3.8) is 0 Å². The smallest absolute Gasteiger partial charge is 0.158 e. The maximum atomic E-state index is 6.42. The van der Waals surface area contributed by atoms with Crippen molar-refractivity contribution in [2.24, 2.45) is 0 Å². The molecule has 0 atom stereocenters. The van der Waals surface area contributed by atoms with Crippen molar-refractivity contribution < 1.29 is 17.7 Å². The number of para-hydroxylation sites is 6. The van der Waals surface area contributed by atoms with E-state index >= 15 is 0 Å². The first-order valence-corrected chi connectivity index (χ1v) is 36.9. The molecule has 1 aliphatic rings. The number of allylic oxidation sites excluding steroid dienone is 6. The predicted molar refractivity (Wildman–Crippen MR) is 455 cm³/mol. The number of furan rings is 4. The van der Waals surface area contributed by atoms with E-state index in [-0.39, 0.29) is 0 Å². The first kappa shape index (κ1) is 65.5. The van der Waals surface area contributed by atoms with Gasteiger partial charge in [0.25, 0.3) is 0 Å². The molecule has 0 aliphatic heterocycles. The lowest BCUT2D eigenvalue weighted by molar-refractivity contribution is 0.668. The van der Waals surface area contributed by atoms with Crippen molar-refractivity contribution >= 4 is 133 Å². The van der Waals surface area contributed by atoms with E-state index in [9.17, 15) is 0 Å². The number of fused-ring (bicyclic) bond motifs is 12. The lowest BCUT2D eigenvalue weighted by Crippen LogP contribution is -2.10. The fourth-order valence-electron chi connectivity index (χ4n) is 15.3. The van der Waals surface area contributed by atoms with Crippen LogP contribution in [0.4, 0.5) is 28.4 Å². The number of benzene rings is 16. The topological polar surface area (TPSA) is 67.8 Å². The molecule has 0 bridgehead atoms. The van der Waals surface area contributed by atoms with E-state index in [4.69, 9.17) is 29.3 Å². The molecule has 0 unspecified atom stereocenters. The first-order chi connectivity index (χ1) is 54.0.